The van der Waals surface area contributed by atoms with Crippen molar-refractivity contribution in [3.05, 3.63) is 30.3 Å². The maximum absolute atomic E-state index is 9.19. The number of nitrogens with zero attached hydrogens (tertiary/aromatic N) is 1. The van der Waals surface area contributed by atoms with E-state index in [1.54, 1.807) is 0 Å². The van der Waals surface area contributed by atoms with E-state index < -0.39 is 10.1 Å². The summed E-state index contributed by atoms with van der Waals surface area (Å²) in [5.74, 6) is 0. The van der Waals surface area contributed by atoms with Crippen LogP contribution in [0.4, 0.5) is 5.69 Å². The first-order valence-electron chi connectivity index (χ1n) is 5.19. The molecule has 1 aliphatic heterocycles. The number of hydrogen-bond donors (Lipinski definition) is 1. The van der Waals surface area contributed by atoms with Crippen LogP contribution in [0.2, 0.25) is 0 Å². The van der Waals surface area contributed by atoms with Crippen LogP contribution in [0, 0.1) is 0 Å². The Hall–Kier alpha value is -1.07. The predicted octanol–water partition coefficient (Wildman–Crippen LogP) is 1.79. The molecule has 5 heteroatoms. The number of hydrogen-bond acceptors (Lipinski definition) is 3. The fraction of sp³-hybridized carbons (Fsp3) is 0.455. The summed E-state index contributed by atoms with van der Waals surface area (Å²) in [4.78, 5) is 2.44. The van der Waals surface area contributed by atoms with Crippen molar-refractivity contribution in [2.24, 2.45) is 0 Å². The molecule has 0 aromatic heterocycles. The van der Waals surface area contributed by atoms with Crippen molar-refractivity contribution >= 4 is 15.8 Å². The zero-order valence-corrected chi connectivity index (χ0v) is 10.2. The lowest BCUT2D eigenvalue weighted by atomic mass is 10.3. The van der Waals surface area contributed by atoms with E-state index in [1.807, 2.05) is 0 Å². The smallest absolute Gasteiger partial charge is 0.261 e. The Labute approximate surface area is 96.6 Å². The van der Waals surface area contributed by atoms with Gasteiger partial charge in [0.25, 0.3) is 10.1 Å². The van der Waals surface area contributed by atoms with E-state index in [2.05, 4.69) is 35.2 Å². The van der Waals surface area contributed by atoms with Crippen LogP contribution in [0.1, 0.15) is 12.8 Å². The molecule has 1 aliphatic rings. The first-order valence-corrected chi connectivity index (χ1v) is 7.04. The molecule has 0 amide bonds. The Kier molecular flexibility index (Phi) is 4.76. The van der Waals surface area contributed by atoms with Crippen LogP contribution in [0.3, 0.4) is 0 Å². The van der Waals surface area contributed by atoms with Gasteiger partial charge in [-0.2, -0.15) is 8.42 Å². The predicted molar refractivity (Wildman–Crippen MR) is 65.4 cm³/mol. The number of anilines is 1. The SMILES string of the molecule is CS(=O)(=O)O.c1ccc(N2CCCC2)cc1. The highest BCUT2D eigenvalue weighted by Gasteiger charge is 2.10. The van der Waals surface area contributed by atoms with E-state index >= 15 is 0 Å². The zero-order valence-electron chi connectivity index (χ0n) is 9.33. The molecule has 0 aliphatic carbocycles. The Morgan fingerprint density at radius 1 is 1.12 bits per heavy atom. The lowest BCUT2D eigenvalue weighted by molar-refractivity contribution is 0.490. The summed E-state index contributed by atoms with van der Waals surface area (Å²) in [6.45, 7) is 2.48. The van der Waals surface area contributed by atoms with Gasteiger partial charge in [-0.25, -0.2) is 0 Å². The van der Waals surface area contributed by atoms with E-state index in [0.29, 0.717) is 6.26 Å². The highest BCUT2D eigenvalue weighted by molar-refractivity contribution is 7.85. The first-order chi connectivity index (χ1) is 7.47. The summed E-state index contributed by atoms with van der Waals surface area (Å²) in [5.41, 5.74) is 1.38. The van der Waals surface area contributed by atoms with E-state index in [9.17, 15) is 8.42 Å². The van der Waals surface area contributed by atoms with Crippen LogP contribution in [0.5, 0.6) is 0 Å². The molecular formula is C11H17NO3S. The average molecular weight is 243 g/mol. The topological polar surface area (TPSA) is 57.6 Å². The van der Waals surface area contributed by atoms with Crippen molar-refractivity contribution in [1.82, 2.24) is 0 Å². The van der Waals surface area contributed by atoms with Gasteiger partial charge in [0.2, 0.25) is 0 Å². The quantitative estimate of drug-likeness (QED) is 0.764. The molecule has 0 radical (unpaired) electrons. The van der Waals surface area contributed by atoms with Crippen molar-refractivity contribution in [2.45, 2.75) is 12.8 Å². The van der Waals surface area contributed by atoms with Gasteiger partial charge in [-0.3, -0.25) is 4.55 Å². The van der Waals surface area contributed by atoms with Gasteiger partial charge in [0.15, 0.2) is 0 Å². The Bertz CT molecular complexity index is 388. The lowest BCUT2D eigenvalue weighted by Crippen LogP contribution is -2.16. The zero-order chi connectivity index (χ0) is 12.0. The van der Waals surface area contributed by atoms with Crippen LogP contribution < -0.4 is 4.90 Å². The molecule has 1 aromatic rings. The number of benzene rings is 1. The van der Waals surface area contributed by atoms with Crippen molar-refractivity contribution in [2.75, 3.05) is 24.2 Å². The van der Waals surface area contributed by atoms with Crippen LogP contribution in [0.25, 0.3) is 0 Å². The third-order valence-corrected chi connectivity index (χ3v) is 2.23. The molecule has 1 fully saturated rings. The standard InChI is InChI=1S/C10H13N.CH4O3S/c1-2-6-10(7-3-1)11-8-4-5-9-11;1-5(2,3)4/h1-3,6-7H,4-5,8-9H2;1H3,(H,2,3,4). The molecule has 1 aromatic carbocycles. The molecule has 0 spiro atoms. The van der Waals surface area contributed by atoms with E-state index in [-0.39, 0.29) is 0 Å². The molecule has 2 rings (SSSR count). The third-order valence-electron chi connectivity index (χ3n) is 2.23. The largest absolute Gasteiger partial charge is 0.372 e. The van der Waals surface area contributed by atoms with Crippen molar-refractivity contribution < 1.29 is 13.0 Å². The van der Waals surface area contributed by atoms with Crippen molar-refractivity contribution in [3.63, 3.8) is 0 Å². The normalized spacial score (nSPS) is 15.5. The van der Waals surface area contributed by atoms with Crippen LogP contribution >= 0.6 is 0 Å². The van der Waals surface area contributed by atoms with Crippen molar-refractivity contribution in [3.8, 4) is 0 Å². The summed E-state index contributed by atoms with van der Waals surface area (Å²) in [6, 6.07) is 10.7. The highest BCUT2D eigenvalue weighted by atomic mass is 32.2. The molecule has 16 heavy (non-hydrogen) atoms. The van der Waals surface area contributed by atoms with Gasteiger partial charge in [-0.05, 0) is 25.0 Å². The molecule has 0 bridgehead atoms. The summed E-state index contributed by atoms with van der Waals surface area (Å²) < 4.78 is 25.9. The summed E-state index contributed by atoms with van der Waals surface area (Å²) in [5, 5.41) is 0. The van der Waals surface area contributed by atoms with Crippen LogP contribution in [-0.2, 0) is 10.1 Å². The van der Waals surface area contributed by atoms with Gasteiger partial charge in [-0.1, -0.05) is 18.2 Å². The molecule has 0 unspecified atom stereocenters. The molecule has 1 N–H and O–H groups in total. The molecule has 1 saturated heterocycles. The lowest BCUT2D eigenvalue weighted by Gasteiger charge is -2.16. The minimum absolute atomic E-state index is 0.715. The maximum Gasteiger partial charge on any atom is 0.261 e. The Balaban J connectivity index is 0.000000221. The summed E-state index contributed by atoms with van der Waals surface area (Å²) >= 11 is 0. The molecule has 4 nitrogen and oxygen atoms in total. The van der Waals surface area contributed by atoms with E-state index in [0.717, 1.165) is 0 Å². The summed E-state index contributed by atoms with van der Waals surface area (Å²) in [7, 11) is -3.67. The van der Waals surface area contributed by atoms with Gasteiger partial charge in [0, 0.05) is 18.8 Å². The van der Waals surface area contributed by atoms with Gasteiger partial charge >= 0.3 is 0 Å². The summed E-state index contributed by atoms with van der Waals surface area (Å²) in [6.07, 6.45) is 3.43. The second kappa shape index (κ2) is 5.86. The minimum Gasteiger partial charge on any atom is -0.372 e. The fourth-order valence-corrected chi connectivity index (χ4v) is 1.61. The van der Waals surface area contributed by atoms with E-state index in [4.69, 9.17) is 4.55 Å². The first kappa shape index (κ1) is 13.0. The molecule has 90 valence electrons. The highest BCUT2D eigenvalue weighted by Crippen LogP contribution is 2.18. The maximum atomic E-state index is 9.19. The van der Waals surface area contributed by atoms with Crippen LogP contribution in [-0.4, -0.2) is 32.3 Å². The van der Waals surface area contributed by atoms with Crippen LogP contribution in [0.15, 0.2) is 30.3 Å². The Morgan fingerprint density at radius 3 is 2.00 bits per heavy atom. The van der Waals surface area contributed by atoms with Gasteiger partial charge in [0.1, 0.15) is 0 Å². The Morgan fingerprint density at radius 2 is 1.56 bits per heavy atom. The monoisotopic (exact) mass is 243 g/mol. The second-order valence-electron chi connectivity index (χ2n) is 3.76. The fourth-order valence-electron chi connectivity index (χ4n) is 1.61. The van der Waals surface area contributed by atoms with Gasteiger partial charge in [0.05, 0.1) is 6.26 Å². The number of rotatable bonds is 1. The van der Waals surface area contributed by atoms with Gasteiger partial charge < -0.3 is 4.90 Å². The minimum atomic E-state index is -3.67. The number of para-hydroxylation sites is 1. The van der Waals surface area contributed by atoms with E-state index in [1.165, 1.54) is 31.6 Å². The average Bonchev–Trinajstić information content (AvgIpc) is 2.69. The third kappa shape index (κ3) is 5.72. The second-order valence-corrected chi connectivity index (χ2v) is 5.23. The molecule has 1 heterocycles. The molecular weight excluding hydrogens is 226 g/mol. The van der Waals surface area contributed by atoms with Crippen molar-refractivity contribution in [1.29, 1.82) is 0 Å². The molecule has 0 atom stereocenters. The molecule has 0 saturated carbocycles. The van der Waals surface area contributed by atoms with Gasteiger partial charge in [-0.15, -0.1) is 0 Å².